The number of hydrogen-bond acceptors (Lipinski definition) is 4. The Morgan fingerprint density at radius 3 is 2.94 bits per heavy atom. The largest absolute Gasteiger partial charge is 0.384 e. The van der Waals surface area contributed by atoms with E-state index in [1.807, 2.05) is 13.0 Å². The molecule has 0 aliphatic rings. The molecule has 1 aromatic heterocycles. The van der Waals surface area contributed by atoms with Crippen molar-refractivity contribution in [2.24, 2.45) is 0 Å². The summed E-state index contributed by atoms with van der Waals surface area (Å²) in [5.41, 5.74) is 6.54. The Balaban J connectivity index is 2.43. The third kappa shape index (κ3) is 3.86. The number of nitrogens with two attached hydrogens (primary N) is 1. The van der Waals surface area contributed by atoms with E-state index in [2.05, 4.69) is 10.3 Å². The number of aromatic nitrogens is 1. The maximum atomic E-state index is 11.2. The highest BCUT2D eigenvalue weighted by Crippen LogP contribution is 2.13. The first-order valence-corrected chi connectivity index (χ1v) is 5.10. The average Bonchev–Trinajstić information content (AvgIpc) is 2.27. The van der Waals surface area contributed by atoms with E-state index < -0.39 is 0 Å². The third-order valence-corrected chi connectivity index (χ3v) is 2.26. The van der Waals surface area contributed by atoms with Crippen molar-refractivity contribution < 1.29 is 9.53 Å². The lowest BCUT2D eigenvalue weighted by Crippen LogP contribution is -2.30. The molecule has 1 aromatic rings. The fourth-order valence-electron chi connectivity index (χ4n) is 1.28. The molecule has 0 saturated carbocycles. The second-order valence-corrected chi connectivity index (χ2v) is 3.65. The van der Waals surface area contributed by atoms with Crippen LogP contribution in [0.15, 0.2) is 18.3 Å². The molecule has 1 heterocycles. The summed E-state index contributed by atoms with van der Waals surface area (Å²) >= 11 is 0. The topological polar surface area (TPSA) is 77.2 Å². The molecule has 5 heteroatoms. The predicted molar refractivity (Wildman–Crippen MR) is 62.0 cm³/mol. The molecule has 0 saturated heterocycles. The Hall–Kier alpha value is -1.62. The minimum atomic E-state index is -0.113. The van der Waals surface area contributed by atoms with E-state index in [0.717, 1.165) is 5.56 Å². The molecule has 1 atom stereocenters. The standard InChI is InChI=1S/C11H17N3O2/c1-8(5-14-11(15)7-16-2)9-3-4-10(12)13-6-9/h3-4,6,8H,5,7H2,1-2H3,(H2,12,13)(H,14,15). The zero-order valence-corrected chi connectivity index (χ0v) is 9.56. The predicted octanol–water partition coefficient (Wildman–Crippen LogP) is 0.530. The van der Waals surface area contributed by atoms with Gasteiger partial charge < -0.3 is 15.8 Å². The molecular formula is C11H17N3O2. The average molecular weight is 223 g/mol. The van der Waals surface area contributed by atoms with E-state index in [1.165, 1.54) is 7.11 Å². The van der Waals surface area contributed by atoms with Crippen molar-refractivity contribution in [2.75, 3.05) is 26.0 Å². The molecule has 1 rings (SSSR count). The van der Waals surface area contributed by atoms with Gasteiger partial charge in [-0.3, -0.25) is 4.79 Å². The van der Waals surface area contributed by atoms with Gasteiger partial charge in [0.1, 0.15) is 12.4 Å². The van der Waals surface area contributed by atoms with E-state index in [-0.39, 0.29) is 18.4 Å². The molecule has 1 amide bonds. The zero-order chi connectivity index (χ0) is 12.0. The van der Waals surface area contributed by atoms with Crippen molar-refractivity contribution in [1.29, 1.82) is 0 Å². The Bertz CT molecular complexity index is 338. The summed E-state index contributed by atoms with van der Waals surface area (Å²) in [4.78, 5) is 15.2. The van der Waals surface area contributed by atoms with Gasteiger partial charge in [0.05, 0.1) is 0 Å². The lowest BCUT2D eigenvalue weighted by molar-refractivity contribution is -0.124. The van der Waals surface area contributed by atoms with Gasteiger partial charge in [-0.15, -0.1) is 0 Å². The van der Waals surface area contributed by atoms with Crippen molar-refractivity contribution in [3.8, 4) is 0 Å². The lowest BCUT2D eigenvalue weighted by atomic mass is 10.0. The molecular weight excluding hydrogens is 206 g/mol. The number of carbonyl (C=O) groups is 1. The first-order chi connectivity index (χ1) is 7.63. The van der Waals surface area contributed by atoms with Crippen LogP contribution in [0.5, 0.6) is 0 Å². The summed E-state index contributed by atoms with van der Waals surface area (Å²) in [5.74, 6) is 0.589. The number of carbonyl (C=O) groups excluding carboxylic acids is 1. The molecule has 0 spiro atoms. The highest BCUT2D eigenvalue weighted by Gasteiger charge is 2.07. The molecule has 3 N–H and O–H groups in total. The Kier molecular flexibility index (Phi) is 4.72. The summed E-state index contributed by atoms with van der Waals surface area (Å²) in [7, 11) is 1.49. The van der Waals surface area contributed by atoms with Crippen molar-refractivity contribution in [2.45, 2.75) is 12.8 Å². The molecule has 0 aliphatic carbocycles. The van der Waals surface area contributed by atoms with Gasteiger partial charge >= 0.3 is 0 Å². The summed E-state index contributed by atoms with van der Waals surface area (Å²) < 4.78 is 4.72. The Morgan fingerprint density at radius 1 is 1.62 bits per heavy atom. The summed E-state index contributed by atoms with van der Waals surface area (Å²) in [6.07, 6.45) is 1.72. The number of amides is 1. The third-order valence-electron chi connectivity index (χ3n) is 2.26. The van der Waals surface area contributed by atoms with Crippen LogP contribution in [-0.4, -0.2) is 31.2 Å². The molecule has 0 fully saturated rings. The van der Waals surface area contributed by atoms with Gasteiger partial charge in [0.2, 0.25) is 5.91 Å². The van der Waals surface area contributed by atoms with Crippen LogP contribution in [0.4, 0.5) is 5.82 Å². The van der Waals surface area contributed by atoms with Crippen molar-refractivity contribution in [3.63, 3.8) is 0 Å². The van der Waals surface area contributed by atoms with Gasteiger partial charge in [0.15, 0.2) is 0 Å². The van der Waals surface area contributed by atoms with Crippen molar-refractivity contribution in [1.82, 2.24) is 10.3 Å². The van der Waals surface area contributed by atoms with Crippen LogP contribution in [-0.2, 0) is 9.53 Å². The van der Waals surface area contributed by atoms with E-state index in [4.69, 9.17) is 10.5 Å². The van der Waals surface area contributed by atoms with Gasteiger partial charge in [-0.2, -0.15) is 0 Å². The van der Waals surface area contributed by atoms with Gasteiger partial charge in [-0.1, -0.05) is 13.0 Å². The van der Waals surface area contributed by atoms with Crippen LogP contribution in [0, 0.1) is 0 Å². The number of anilines is 1. The highest BCUT2D eigenvalue weighted by molar-refractivity contribution is 5.77. The Morgan fingerprint density at radius 2 is 2.38 bits per heavy atom. The van der Waals surface area contributed by atoms with Gasteiger partial charge in [-0.05, 0) is 17.5 Å². The molecule has 5 nitrogen and oxygen atoms in total. The molecule has 0 aromatic carbocycles. The second-order valence-electron chi connectivity index (χ2n) is 3.65. The van der Waals surface area contributed by atoms with Crippen LogP contribution in [0.1, 0.15) is 18.4 Å². The normalized spacial score (nSPS) is 12.1. The number of nitrogen functional groups attached to an aromatic ring is 1. The van der Waals surface area contributed by atoms with E-state index in [9.17, 15) is 4.79 Å². The van der Waals surface area contributed by atoms with Gasteiger partial charge in [-0.25, -0.2) is 4.98 Å². The van der Waals surface area contributed by atoms with Crippen LogP contribution in [0.25, 0.3) is 0 Å². The minimum absolute atomic E-state index is 0.0900. The van der Waals surface area contributed by atoms with Crippen LogP contribution in [0.3, 0.4) is 0 Å². The van der Waals surface area contributed by atoms with E-state index in [0.29, 0.717) is 12.4 Å². The van der Waals surface area contributed by atoms with Crippen LogP contribution in [0.2, 0.25) is 0 Å². The number of rotatable bonds is 5. The fourth-order valence-corrected chi connectivity index (χ4v) is 1.28. The first-order valence-electron chi connectivity index (χ1n) is 5.10. The smallest absolute Gasteiger partial charge is 0.246 e. The molecule has 16 heavy (non-hydrogen) atoms. The number of hydrogen-bond donors (Lipinski definition) is 2. The van der Waals surface area contributed by atoms with Crippen molar-refractivity contribution >= 4 is 11.7 Å². The molecule has 0 aliphatic heterocycles. The summed E-state index contributed by atoms with van der Waals surface area (Å²) in [6.45, 7) is 2.67. The maximum absolute atomic E-state index is 11.2. The molecule has 0 radical (unpaired) electrons. The highest BCUT2D eigenvalue weighted by atomic mass is 16.5. The fraction of sp³-hybridized carbons (Fsp3) is 0.455. The van der Waals surface area contributed by atoms with Gasteiger partial charge in [0.25, 0.3) is 0 Å². The number of pyridine rings is 1. The first kappa shape index (κ1) is 12.4. The molecule has 0 bridgehead atoms. The number of methoxy groups -OCH3 is 1. The van der Waals surface area contributed by atoms with Crippen molar-refractivity contribution in [3.05, 3.63) is 23.9 Å². The quantitative estimate of drug-likeness (QED) is 0.763. The second kappa shape index (κ2) is 6.07. The maximum Gasteiger partial charge on any atom is 0.246 e. The van der Waals surface area contributed by atoms with Gasteiger partial charge in [0, 0.05) is 19.9 Å². The molecule has 88 valence electrons. The van der Waals surface area contributed by atoms with E-state index in [1.54, 1.807) is 12.3 Å². The summed E-state index contributed by atoms with van der Waals surface area (Å²) in [5, 5.41) is 2.77. The van der Waals surface area contributed by atoms with Crippen LogP contribution < -0.4 is 11.1 Å². The number of ether oxygens (including phenoxy) is 1. The SMILES string of the molecule is COCC(=O)NCC(C)c1ccc(N)nc1. The van der Waals surface area contributed by atoms with E-state index >= 15 is 0 Å². The molecule has 1 unspecified atom stereocenters. The summed E-state index contributed by atoms with van der Waals surface area (Å²) in [6, 6.07) is 3.66. The monoisotopic (exact) mass is 223 g/mol. The Labute approximate surface area is 95.0 Å². The zero-order valence-electron chi connectivity index (χ0n) is 9.56. The lowest BCUT2D eigenvalue weighted by Gasteiger charge is -2.12. The minimum Gasteiger partial charge on any atom is -0.384 e. The number of nitrogens with zero attached hydrogens (tertiary/aromatic N) is 1. The number of nitrogens with one attached hydrogen (secondary N) is 1. The van der Waals surface area contributed by atoms with Crippen LogP contribution >= 0.6 is 0 Å².